The second kappa shape index (κ2) is 4.48. The monoisotopic (exact) mass is 272 g/mol. The molecule has 0 atom stereocenters. The van der Waals surface area contributed by atoms with E-state index in [1.807, 2.05) is 0 Å². The quantitative estimate of drug-likeness (QED) is 0.739. The second-order valence-electron chi connectivity index (χ2n) is 4.43. The lowest BCUT2D eigenvalue weighted by Crippen LogP contribution is -1.99. The first-order chi connectivity index (χ1) is 9.56. The van der Waals surface area contributed by atoms with Gasteiger partial charge in [-0.3, -0.25) is 0 Å². The molecule has 3 aromatic rings. The molecule has 4 nitrogen and oxygen atoms in total. The fourth-order valence-electron chi connectivity index (χ4n) is 2.14. The van der Waals surface area contributed by atoms with Crippen LogP contribution in [0.1, 0.15) is 5.56 Å². The Labute approximate surface area is 113 Å². The first-order valence-corrected chi connectivity index (χ1v) is 5.91. The molecule has 0 aliphatic heterocycles. The number of aromatic nitrogens is 3. The Morgan fingerprint density at radius 2 is 1.75 bits per heavy atom. The largest absolute Gasteiger partial charge is 0.366 e. The van der Waals surface area contributed by atoms with E-state index in [9.17, 15) is 8.78 Å². The van der Waals surface area contributed by atoms with Crippen LogP contribution in [0.25, 0.3) is 22.2 Å². The molecule has 0 unspecified atom stereocenters. The summed E-state index contributed by atoms with van der Waals surface area (Å²) in [4.78, 5) is 4.07. The maximum Gasteiger partial charge on any atom is 0.240 e. The van der Waals surface area contributed by atoms with Gasteiger partial charge in [0.1, 0.15) is 17.2 Å². The zero-order chi connectivity index (χ0) is 14.3. The minimum absolute atomic E-state index is 0.0606. The number of fused-ring (bicyclic) bond motifs is 1. The number of anilines is 1. The highest BCUT2D eigenvalue weighted by Gasteiger charge is 2.13. The van der Waals surface area contributed by atoms with Crippen molar-refractivity contribution in [2.24, 2.45) is 0 Å². The molecule has 20 heavy (non-hydrogen) atoms. The van der Waals surface area contributed by atoms with Crippen molar-refractivity contribution in [1.29, 1.82) is 0 Å². The highest BCUT2D eigenvalue weighted by atomic mass is 19.1. The van der Waals surface area contributed by atoms with Crippen molar-refractivity contribution < 1.29 is 8.78 Å². The summed E-state index contributed by atoms with van der Waals surface area (Å²) in [6, 6.07) is 6.95. The highest BCUT2D eigenvalue weighted by molar-refractivity contribution is 5.84. The van der Waals surface area contributed by atoms with Gasteiger partial charge in [0.05, 0.1) is 11.1 Å². The van der Waals surface area contributed by atoms with E-state index in [2.05, 4.69) is 15.2 Å². The van der Waals surface area contributed by atoms with Crippen molar-refractivity contribution in [3.63, 3.8) is 0 Å². The van der Waals surface area contributed by atoms with Gasteiger partial charge in [-0.25, -0.2) is 13.8 Å². The van der Waals surface area contributed by atoms with Crippen LogP contribution in [0, 0.1) is 18.6 Å². The van der Waals surface area contributed by atoms with Crippen molar-refractivity contribution in [1.82, 2.24) is 15.2 Å². The zero-order valence-corrected chi connectivity index (χ0v) is 10.6. The molecular weight excluding hydrogens is 262 g/mol. The Morgan fingerprint density at radius 1 is 1.05 bits per heavy atom. The van der Waals surface area contributed by atoms with Crippen molar-refractivity contribution in [2.45, 2.75) is 6.92 Å². The smallest absolute Gasteiger partial charge is 0.240 e. The number of nitrogen functional groups attached to an aromatic ring is 1. The van der Waals surface area contributed by atoms with Crippen LogP contribution in [0.5, 0.6) is 0 Å². The van der Waals surface area contributed by atoms with Crippen molar-refractivity contribution in [2.75, 3.05) is 5.73 Å². The third kappa shape index (κ3) is 1.95. The molecule has 100 valence electrons. The van der Waals surface area contributed by atoms with Gasteiger partial charge < -0.3 is 5.73 Å². The summed E-state index contributed by atoms with van der Waals surface area (Å²) in [5, 5.41) is 7.56. The molecule has 0 radical (unpaired) electrons. The average molecular weight is 272 g/mol. The van der Waals surface area contributed by atoms with E-state index in [0.29, 0.717) is 16.6 Å². The third-order valence-electron chi connectivity index (χ3n) is 3.02. The molecule has 0 aliphatic carbocycles. The summed E-state index contributed by atoms with van der Waals surface area (Å²) in [5.74, 6) is -1.19. The van der Waals surface area contributed by atoms with Gasteiger partial charge in [-0.15, -0.1) is 10.2 Å². The van der Waals surface area contributed by atoms with E-state index >= 15 is 0 Å². The van der Waals surface area contributed by atoms with Crippen molar-refractivity contribution >= 4 is 17.0 Å². The Hall–Kier alpha value is -2.63. The molecule has 0 fully saturated rings. The minimum atomic E-state index is -0.625. The Morgan fingerprint density at radius 3 is 2.45 bits per heavy atom. The SMILES string of the molecule is Cc1cc(-c2c(F)cccc2F)cc2nnc(N)nc12. The summed E-state index contributed by atoms with van der Waals surface area (Å²) >= 11 is 0. The van der Waals surface area contributed by atoms with Crippen LogP contribution < -0.4 is 5.73 Å². The van der Waals surface area contributed by atoms with Crippen LogP contribution in [0.4, 0.5) is 14.7 Å². The molecule has 0 aliphatic rings. The summed E-state index contributed by atoms with van der Waals surface area (Å²) in [5.41, 5.74) is 7.53. The van der Waals surface area contributed by atoms with Gasteiger partial charge in [-0.1, -0.05) is 6.07 Å². The predicted octanol–water partition coefficient (Wildman–Crippen LogP) is 2.86. The van der Waals surface area contributed by atoms with E-state index in [1.54, 1.807) is 19.1 Å². The first-order valence-electron chi connectivity index (χ1n) is 5.91. The summed E-state index contributed by atoms with van der Waals surface area (Å²) in [6.07, 6.45) is 0. The van der Waals surface area contributed by atoms with Gasteiger partial charge >= 0.3 is 0 Å². The number of nitrogens with two attached hydrogens (primary N) is 1. The predicted molar refractivity (Wildman–Crippen MR) is 71.8 cm³/mol. The zero-order valence-electron chi connectivity index (χ0n) is 10.6. The van der Waals surface area contributed by atoms with Crippen molar-refractivity contribution in [3.05, 3.63) is 47.5 Å². The molecule has 2 aromatic carbocycles. The van der Waals surface area contributed by atoms with Gasteiger partial charge in [0.15, 0.2) is 0 Å². The summed E-state index contributed by atoms with van der Waals surface area (Å²) in [7, 11) is 0. The molecule has 1 heterocycles. The number of nitrogens with zero attached hydrogens (tertiary/aromatic N) is 3. The fraction of sp³-hybridized carbons (Fsp3) is 0.0714. The summed E-state index contributed by atoms with van der Waals surface area (Å²) in [6.45, 7) is 1.78. The van der Waals surface area contributed by atoms with Crippen LogP contribution in [-0.2, 0) is 0 Å². The lowest BCUT2D eigenvalue weighted by Gasteiger charge is -2.08. The lowest BCUT2D eigenvalue weighted by atomic mass is 10.0. The van der Waals surface area contributed by atoms with E-state index in [4.69, 9.17) is 5.73 Å². The summed E-state index contributed by atoms with van der Waals surface area (Å²) < 4.78 is 27.6. The first kappa shape index (κ1) is 12.4. The van der Waals surface area contributed by atoms with Gasteiger partial charge in [-0.05, 0) is 42.3 Å². The molecular formula is C14H10F2N4. The standard InChI is InChI=1S/C14H10F2N4/c1-7-5-8(12-9(15)3-2-4-10(12)16)6-11-13(7)18-14(17)20-19-11/h2-6H,1H3,(H2,17,18,20). The Bertz CT molecular complexity index is 797. The van der Waals surface area contributed by atoms with Crippen LogP contribution in [0.3, 0.4) is 0 Å². The third-order valence-corrected chi connectivity index (χ3v) is 3.02. The number of benzene rings is 2. The molecule has 2 N–H and O–H groups in total. The number of hydrogen-bond acceptors (Lipinski definition) is 4. The number of halogens is 2. The van der Waals surface area contributed by atoms with Gasteiger partial charge in [0.25, 0.3) is 0 Å². The number of hydrogen-bond donors (Lipinski definition) is 1. The molecule has 1 aromatic heterocycles. The van der Waals surface area contributed by atoms with E-state index in [-0.39, 0.29) is 11.5 Å². The molecule has 3 rings (SSSR count). The van der Waals surface area contributed by atoms with Crippen LogP contribution >= 0.6 is 0 Å². The van der Waals surface area contributed by atoms with Crippen LogP contribution in [-0.4, -0.2) is 15.2 Å². The molecule has 6 heteroatoms. The molecule has 0 saturated heterocycles. The Kier molecular flexibility index (Phi) is 2.78. The maximum absolute atomic E-state index is 13.8. The van der Waals surface area contributed by atoms with E-state index in [1.165, 1.54) is 18.2 Å². The average Bonchev–Trinajstić information content (AvgIpc) is 2.39. The molecule has 0 saturated carbocycles. The number of aryl methyl sites for hydroxylation is 1. The highest BCUT2D eigenvalue weighted by Crippen LogP contribution is 2.29. The lowest BCUT2D eigenvalue weighted by molar-refractivity contribution is 0.589. The molecule has 0 spiro atoms. The minimum Gasteiger partial charge on any atom is -0.366 e. The van der Waals surface area contributed by atoms with E-state index < -0.39 is 11.6 Å². The fourth-order valence-corrected chi connectivity index (χ4v) is 2.14. The second-order valence-corrected chi connectivity index (χ2v) is 4.43. The van der Waals surface area contributed by atoms with Crippen molar-refractivity contribution in [3.8, 4) is 11.1 Å². The number of rotatable bonds is 1. The van der Waals surface area contributed by atoms with Crippen LogP contribution in [0.2, 0.25) is 0 Å². The topological polar surface area (TPSA) is 64.7 Å². The normalized spacial score (nSPS) is 10.9. The maximum atomic E-state index is 13.8. The van der Waals surface area contributed by atoms with Gasteiger partial charge in [-0.2, -0.15) is 0 Å². The van der Waals surface area contributed by atoms with Gasteiger partial charge in [0.2, 0.25) is 5.95 Å². The molecule has 0 bridgehead atoms. The van der Waals surface area contributed by atoms with Crippen LogP contribution in [0.15, 0.2) is 30.3 Å². The van der Waals surface area contributed by atoms with E-state index in [0.717, 1.165) is 5.56 Å². The van der Waals surface area contributed by atoms with Gasteiger partial charge in [0, 0.05) is 0 Å². The Balaban J connectivity index is 2.31. The molecule has 0 amide bonds.